The number of hydrogen-bond acceptors (Lipinski definition) is 2. The lowest BCUT2D eigenvalue weighted by Crippen LogP contribution is -2.18. The quantitative estimate of drug-likeness (QED) is 0.807. The SMILES string of the molecule is CC(=O)Nc1ccc([C@@H](N)C(F)F)cc1. The van der Waals surface area contributed by atoms with Crippen LogP contribution < -0.4 is 11.1 Å². The van der Waals surface area contributed by atoms with E-state index in [0.717, 1.165) is 0 Å². The summed E-state index contributed by atoms with van der Waals surface area (Å²) < 4.78 is 24.5. The van der Waals surface area contributed by atoms with Crippen LogP contribution in [0.2, 0.25) is 0 Å². The lowest BCUT2D eigenvalue weighted by Gasteiger charge is -2.11. The van der Waals surface area contributed by atoms with Gasteiger partial charge in [-0.3, -0.25) is 4.79 Å². The second-order valence-electron chi connectivity index (χ2n) is 3.16. The van der Waals surface area contributed by atoms with Crippen LogP contribution in [0.1, 0.15) is 18.5 Å². The van der Waals surface area contributed by atoms with E-state index in [-0.39, 0.29) is 5.91 Å². The smallest absolute Gasteiger partial charge is 0.257 e. The van der Waals surface area contributed by atoms with Crippen LogP contribution in [0.5, 0.6) is 0 Å². The molecule has 0 aliphatic carbocycles. The third-order valence-electron chi connectivity index (χ3n) is 1.89. The van der Waals surface area contributed by atoms with Crippen LogP contribution in [0.3, 0.4) is 0 Å². The Kier molecular flexibility index (Phi) is 3.74. The van der Waals surface area contributed by atoms with Crippen molar-refractivity contribution in [2.45, 2.75) is 19.4 Å². The Morgan fingerprint density at radius 3 is 2.27 bits per heavy atom. The van der Waals surface area contributed by atoms with Gasteiger partial charge in [0, 0.05) is 12.6 Å². The molecule has 0 bridgehead atoms. The Morgan fingerprint density at radius 2 is 1.87 bits per heavy atom. The number of halogens is 2. The summed E-state index contributed by atoms with van der Waals surface area (Å²) in [5.41, 5.74) is 6.16. The largest absolute Gasteiger partial charge is 0.326 e. The Hall–Kier alpha value is -1.49. The molecule has 3 N–H and O–H groups in total. The first kappa shape index (κ1) is 11.6. The van der Waals surface area contributed by atoms with Gasteiger partial charge in [-0.25, -0.2) is 8.78 Å². The van der Waals surface area contributed by atoms with Crippen molar-refractivity contribution in [1.82, 2.24) is 0 Å². The van der Waals surface area contributed by atoms with Gasteiger partial charge in [0.1, 0.15) is 0 Å². The second-order valence-corrected chi connectivity index (χ2v) is 3.16. The summed E-state index contributed by atoms with van der Waals surface area (Å²) in [5, 5.41) is 2.53. The molecule has 0 aliphatic rings. The summed E-state index contributed by atoms with van der Waals surface area (Å²) in [6, 6.07) is 4.75. The monoisotopic (exact) mass is 214 g/mol. The summed E-state index contributed by atoms with van der Waals surface area (Å²) in [5.74, 6) is -0.207. The van der Waals surface area contributed by atoms with Crippen LogP contribution >= 0.6 is 0 Å². The number of alkyl halides is 2. The van der Waals surface area contributed by atoms with Crippen LogP contribution in [-0.4, -0.2) is 12.3 Å². The van der Waals surface area contributed by atoms with E-state index < -0.39 is 12.5 Å². The van der Waals surface area contributed by atoms with Gasteiger partial charge in [0.15, 0.2) is 0 Å². The number of anilines is 1. The number of hydrogen-bond donors (Lipinski definition) is 2. The number of carbonyl (C=O) groups is 1. The Bertz CT molecular complexity index is 338. The Morgan fingerprint density at radius 1 is 1.33 bits per heavy atom. The summed E-state index contributed by atoms with van der Waals surface area (Å²) in [4.78, 5) is 10.7. The van der Waals surface area contributed by atoms with E-state index in [4.69, 9.17) is 5.73 Å². The van der Waals surface area contributed by atoms with Crippen molar-refractivity contribution in [2.75, 3.05) is 5.32 Å². The van der Waals surface area contributed by atoms with Crippen molar-refractivity contribution >= 4 is 11.6 Å². The minimum atomic E-state index is -2.59. The number of nitrogens with two attached hydrogens (primary N) is 1. The summed E-state index contributed by atoms with van der Waals surface area (Å²) in [6.45, 7) is 1.37. The van der Waals surface area contributed by atoms with Crippen molar-refractivity contribution in [1.29, 1.82) is 0 Å². The first-order valence-electron chi connectivity index (χ1n) is 4.42. The Labute approximate surface area is 86.3 Å². The summed E-state index contributed by atoms with van der Waals surface area (Å²) >= 11 is 0. The van der Waals surface area contributed by atoms with Crippen molar-refractivity contribution in [3.63, 3.8) is 0 Å². The number of benzene rings is 1. The maximum absolute atomic E-state index is 12.2. The summed E-state index contributed by atoms with van der Waals surface area (Å²) in [7, 11) is 0. The zero-order chi connectivity index (χ0) is 11.4. The van der Waals surface area contributed by atoms with Gasteiger partial charge in [-0.05, 0) is 17.7 Å². The van der Waals surface area contributed by atoms with Crippen LogP contribution in [0.4, 0.5) is 14.5 Å². The first-order chi connectivity index (χ1) is 7.00. The molecule has 5 heteroatoms. The maximum atomic E-state index is 12.2. The zero-order valence-electron chi connectivity index (χ0n) is 8.21. The molecule has 0 saturated carbocycles. The predicted molar refractivity (Wildman–Crippen MR) is 53.7 cm³/mol. The normalized spacial score (nSPS) is 12.6. The van der Waals surface area contributed by atoms with E-state index in [1.807, 2.05) is 0 Å². The van der Waals surface area contributed by atoms with E-state index in [2.05, 4.69) is 5.32 Å². The van der Waals surface area contributed by atoms with Crippen LogP contribution in [0.25, 0.3) is 0 Å². The van der Waals surface area contributed by atoms with E-state index in [9.17, 15) is 13.6 Å². The van der Waals surface area contributed by atoms with Crippen molar-refractivity contribution in [2.24, 2.45) is 5.73 Å². The minimum absolute atomic E-state index is 0.207. The van der Waals surface area contributed by atoms with Gasteiger partial charge in [0.05, 0.1) is 6.04 Å². The van der Waals surface area contributed by atoms with E-state index >= 15 is 0 Å². The molecule has 3 nitrogen and oxygen atoms in total. The van der Waals surface area contributed by atoms with Gasteiger partial charge in [0.2, 0.25) is 5.91 Å². The van der Waals surface area contributed by atoms with Gasteiger partial charge in [-0.1, -0.05) is 12.1 Å². The molecular weight excluding hydrogens is 202 g/mol. The third-order valence-corrected chi connectivity index (χ3v) is 1.89. The number of nitrogens with one attached hydrogen (secondary N) is 1. The van der Waals surface area contributed by atoms with Gasteiger partial charge < -0.3 is 11.1 Å². The van der Waals surface area contributed by atoms with Gasteiger partial charge in [0.25, 0.3) is 6.43 Å². The molecule has 15 heavy (non-hydrogen) atoms. The molecule has 0 aromatic heterocycles. The molecule has 0 aliphatic heterocycles. The lowest BCUT2D eigenvalue weighted by molar-refractivity contribution is -0.114. The van der Waals surface area contributed by atoms with Crippen LogP contribution in [0, 0.1) is 0 Å². The predicted octanol–water partition coefficient (Wildman–Crippen LogP) is 1.91. The highest BCUT2D eigenvalue weighted by atomic mass is 19.3. The minimum Gasteiger partial charge on any atom is -0.326 e. The fourth-order valence-electron chi connectivity index (χ4n) is 1.14. The molecule has 82 valence electrons. The number of rotatable bonds is 3. The number of carbonyl (C=O) groups excluding carboxylic acids is 1. The average molecular weight is 214 g/mol. The highest BCUT2D eigenvalue weighted by Crippen LogP contribution is 2.19. The van der Waals surface area contributed by atoms with Crippen LogP contribution in [-0.2, 0) is 4.79 Å². The molecule has 1 atom stereocenters. The fraction of sp³-hybridized carbons (Fsp3) is 0.300. The molecule has 0 spiro atoms. The molecule has 1 aromatic carbocycles. The van der Waals surface area contributed by atoms with Crippen molar-refractivity contribution < 1.29 is 13.6 Å². The van der Waals surface area contributed by atoms with Gasteiger partial charge in [-0.2, -0.15) is 0 Å². The van der Waals surface area contributed by atoms with E-state index in [1.165, 1.54) is 19.1 Å². The van der Waals surface area contributed by atoms with E-state index in [1.54, 1.807) is 12.1 Å². The fourth-order valence-corrected chi connectivity index (χ4v) is 1.14. The zero-order valence-corrected chi connectivity index (χ0v) is 8.21. The van der Waals surface area contributed by atoms with E-state index in [0.29, 0.717) is 11.3 Å². The average Bonchev–Trinajstić information content (AvgIpc) is 2.17. The topological polar surface area (TPSA) is 55.1 Å². The maximum Gasteiger partial charge on any atom is 0.257 e. The van der Waals surface area contributed by atoms with Gasteiger partial charge >= 0.3 is 0 Å². The lowest BCUT2D eigenvalue weighted by atomic mass is 10.1. The molecule has 1 amide bonds. The summed E-state index contributed by atoms with van der Waals surface area (Å²) in [6.07, 6.45) is -2.59. The first-order valence-corrected chi connectivity index (χ1v) is 4.42. The third kappa shape index (κ3) is 3.28. The van der Waals surface area contributed by atoms with Gasteiger partial charge in [-0.15, -0.1) is 0 Å². The second kappa shape index (κ2) is 4.84. The molecular formula is C10H12F2N2O. The molecule has 0 unspecified atom stereocenters. The highest BCUT2D eigenvalue weighted by Gasteiger charge is 2.16. The highest BCUT2D eigenvalue weighted by molar-refractivity contribution is 5.88. The molecule has 0 fully saturated rings. The Balaban J connectivity index is 2.76. The number of amides is 1. The van der Waals surface area contributed by atoms with Crippen molar-refractivity contribution in [3.05, 3.63) is 29.8 Å². The molecule has 0 saturated heterocycles. The molecule has 1 aromatic rings. The van der Waals surface area contributed by atoms with Crippen molar-refractivity contribution in [3.8, 4) is 0 Å². The molecule has 0 heterocycles. The molecule has 1 rings (SSSR count). The standard InChI is InChI=1S/C10H12F2N2O/c1-6(15)14-8-4-2-7(3-5-8)9(13)10(11)12/h2-5,9-10H,13H2,1H3,(H,14,15)/t9-/m1/s1. The van der Waals surface area contributed by atoms with Crippen LogP contribution in [0.15, 0.2) is 24.3 Å². The molecule has 0 radical (unpaired) electrons.